The number of carbonyl (C=O) groups is 2. The van der Waals surface area contributed by atoms with Crippen molar-refractivity contribution < 1.29 is 19.1 Å². The molecule has 0 aliphatic carbocycles. The third kappa shape index (κ3) is 6.14. The van der Waals surface area contributed by atoms with Crippen LogP contribution < -0.4 is 0 Å². The van der Waals surface area contributed by atoms with Crippen molar-refractivity contribution in [3.63, 3.8) is 0 Å². The van der Waals surface area contributed by atoms with Gasteiger partial charge in [-0.2, -0.15) is 0 Å². The van der Waals surface area contributed by atoms with Gasteiger partial charge in [-0.05, 0) is 110 Å². The van der Waals surface area contributed by atoms with Crippen LogP contribution in [0.4, 0.5) is 0 Å². The summed E-state index contributed by atoms with van der Waals surface area (Å²) in [4.78, 5) is 41.9. The van der Waals surface area contributed by atoms with Gasteiger partial charge in [-0.15, -0.1) is 0 Å². The third-order valence-electron chi connectivity index (χ3n) is 9.03. The van der Waals surface area contributed by atoms with Gasteiger partial charge in [0.2, 0.25) is 0 Å². The van der Waals surface area contributed by atoms with E-state index in [-0.39, 0.29) is 24.8 Å². The molecule has 0 amide bonds. The number of allylic oxidation sites excluding steroid dienone is 4. The Hall–Kier alpha value is -4.72. The highest BCUT2D eigenvalue weighted by Gasteiger charge is 2.22. The highest BCUT2D eigenvalue weighted by Crippen LogP contribution is 2.38. The Balaban J connectivity index is 1.90. The average Bonchev–Trinajstić information content (AvgIpc) is 3.68. The monoisotopic (exact) mass is 606 g/mol. The lowest BCUT2D eigenvalue weighted by Crippen LogP contribution is -2.02. The number of aromatic nitrogens is 4. The summed E-state index contributed by atoms with van der Waals surface area (Å²) in [6.07, 6.45) is 5.29. The molecule has 0 aromatic carbocycles. The van der Waals surface area contributed by atoms with Crippen molar-refractivity contribution in [2.45, 2.75) is 73.1 Å². The quantitative estimate of drug-likeness (QED) is 0.237. The summed E-state index contributed by atoms with van der Waals surface area (Å²) in [5.74, 6) is -0.537. The van der Waals surface area contributed by atoms with Gasteiger partial charge in [-0.1, -0.05) is 26.0 Å². The molecule has 8 bridgehead atoms. The minimum absolute atomic E-state index is 0.243. The molecule has 0 unspecified atom stereocenters. The summed E-state index contributed by atoms with van der Waals surface area (Å²) in [6.45, 7) is 14.6. The summed E-state index contributed by atoms with van der Waals surface area (Å²) in [7, 11) is 2.81. The third-order valence-corrected chi connectivity index (χ3v) is 9.03. The minimum Gasteiger partial charge on any atom is -0.469 e. The summed E-state index contributed by atoms with van der Waals surface area (Å²) < 4.78 is 9.92. The molecule has 0 atom stereocenters. The fraction of sp³-hybridized carbons (Fsp3) is 0.351. The smallest absolute Gasteiger partial charge is 0.305 e. The average molecular weight is 607 g/mol. The van der Waals surface area contributed by atoms with Crippen LogP contribution in [0.1, 0.15) is 97.9 Å². The fourth-order valence-corrected chi connectivity index (χ4v) is 6.31. The maximum atomic E-state index is 12.2. The van der Waals surface area contributed by atoms with Gasteiger partial charge in [0.05, 0.1) is 37.0 Å². The molecule has 2 aliphatic heterocycles. The normalized spacial score (nSPS) is 13.0. The Bertz CT molecular complexity index is 1940. The van der Waals surface area contributed by atoms with E-state index in [1.807, 2.05) is 19.1 Å². The molecule has 234 valence electrons. The number of methoxy groups -OCH3 is 2. The van der Waals surface area contributed by atoms with E-state index in [4.69, 9.17) is 19.4 Å². The second-order valence-corrected chi connectivity index (χ2v) is 11.7. The first-order chi connectivity index (χ1) is 21.6. The number of hydrogen-bond acceptors (Lipinski definition) is 6. The number of rotatable bonds is 9. The SMILES string of the molecule is C=Cc1c(C)c2cc3nc(cc4nc(cc5[nH]c(cc1[nH]2)c(C)c5CCC(=O)OC)C(CCC(=O)OC)=C4C)C(C)=C3CCC. The molecule has 5 rings (SSSR count). The van der Waals surface area contributed by atoms with Crippen LogP contribution in [0.3, 0.4) is 0 Å². The molecular formula is C37H42N4O4. The van der Waals surface area contributed by atoms with Gasteiger partial charge in [0.1, 0.15) is 0 Å². The van der Waals surface area contributed by atoms with E-state index in [2.05, 4.69) is 62.4 Å². The zero-order chi connectivity index (χ0) is 32.4. The number of esters is 2. The largest absolute Gasteiger partial charge is 0.469 e. The molecule has 8 heteroatoms. The van der Waals surface area contributed by atoms with E-state index in [1.165, 1.54) is 19.8 Å². The topological polar surface area (TPSA) is 110 Å². The summed E-state index contributed by atoms with van der Waals surface area (Å²) >= 11 is 0. The van der Waals surface area contributed by atoms with Crippen molar-refractivity contribution in [2.75, 3.05) is 14.2 Å². The van der Waals surface area contributed by atoms with Crippen LogP contribution in [0, 0.1) is 13.8 Å². The van der Waals surface area contributed by atoms with Crippen LogP contribution in [-0.4, -0.2) is 46.1 Å². The van der Waals surface area contributed by atoms with Crippen molar-refractivity contribution in [2.24, 2.45) is 0 Å². The van der Waals surface area contributed by atoms with Crippen LogP contribution in [0.2, 0.25) is 0 Å². The van der Waals surface area contributed by atoms with E-state index in [0.29, 0.717) is 12.8 Å². The Morgan fingerprint density at radius 1 is 0.711 bits per heavy atom. The molecule has 45 heavy (non-hydrogen) atoms. The van der Waals surface area contributed by atoms with Gasteiger partial charge in [0, 0.05) is 40.5 Å². The lowest BCUT2D eigenvalue weighted by atomic mass is 9.99. The molecule has 2 aliphatic rings. The molecule has 0 saturated carbocycles. The second kappa shape index (κ2) is 13.1. The van der Waals surface area contributed by atoms with Crippen molar-refractivity contribution in [1.82, 2.24) is 19.9 Å². The van der Waals surface area contributed by atoms with E-state index in [1.54, 1.807) is 0 Å². The molecule has 0 saturated heterocycles. The Morgan fingerprint density at radius 2 is 1.24 bits per heavy atom. The molecule has 5 heterocycles. The van der Waals surface area contributed by atoms with Crippen molar-refractivity contribution >= 4 is 62.4 Å². The predicted molar refractivity (Wildman–Crippen MR) is 182 cm³/mol. The maximum absolute atomic E-state index is 12.2. The Labute approximate surface area is 264 Å². The number of nitrogens with one attached hydrogen (secondary N) is 2. The molecule has 2 N–H and O–H groups in total. The number of nitrogens with zero attached hydrogens (tertiary/aromatic N) is 2. The van der Waals surface area contributed by atoms with Gasteiger partial charge < -0.3 is 19.4 Å². The zero-order valence-electron chi connectivity index (χ0n) is 27.4. The highest BCUT2D eigenvalue weighted by atomic mass is 16.5. The van der Waals surface area contributed by atoms with Gasteiger partial charge >= 0.3 is 11.9 Å². The van der Waals surface area contributed by atoms with Gasteiger partial charge in [0.15, 0.2) is 0 Å². The van der Waals surface area contributed by atoms with E-state index in [0.717, 1.165) is 96.7 Å². The van der Waals surface area contributed by atoms with Crippen molar-refractivity contribution in [1.29, 1.82) is 0 Å². The molecule has 0 fully saturated rings. The van der Waals surface area contributed by atoms with Crippen LogP contribution >= 0.6 is 0 Å². The lowest BCUT2D eigenvalue weighted by molar-refractivity contribution is -0.141. The van der Waals surface area contributed by atoms with Crippen molar-refractivity contribution in [3.05, 3.63) is 75.9 Å². The number of H-pyrrole nitrogens is 2. The number of carbonyl (C=O) groups excluding carboxylic acids is 2. The Morgan fingerprint density at radius 3 is 1.82 bits per heavy atom. The molecule has 3 aromatic rings. The van der Waals surface area contributed by atoms with Crippen molar-refractivity contribution in [3.8, 4) is 0 Å². The first-order valence-electron chi connectivity index (χ1n) is 15.5. The van der Waals surface area contributed by atoms with Crippen LogP contribution in [0.15, 0.2) is 30.8 Å². The number of fused-ring (bicyclic) bond motifs is 8. The molecule has 0 radical (unpaired) electrons. The molecule has 0 spiro atoms. The Kier molecular flexibility index (Phi) is 9.23. The molecule has 3 aromatic heterocycles. The number of hydrogen-bond donors (Lipinski definition) is 2. The van der Waals surface area contributed by atoms with Gasteiger partial charge in [-0.3, -0.25) is 9.59 Å². The van der Waals surface area contributed by atoms with Crippen LogP contribution in [0.5, 0.6) is 0 Å². The zero-order valence-corrected chi connectivity index (χ0v) is 27.4. The predicted octanol–water partition coefficient (Wildman–Crippen LogP) is 8.29. The van der Waals surface area contributed by atoms with Gasteiger partial charge in [0.25, 0.3) is 0 Å². The summed E-state index contributed by atoms with van der Waals surface area (Å²) in [5, 5.41) is 0. The summed E-state index contributed by atoms with van der Waals surface area (Å²) in [6, 6.07) is 8.34. The standard InChI is InChI=1S/C37H42N4O4/c1-9-11-25-21(4)28-16-29-22(5)26(12-14-36(42)44-7)34(40-29)19-35-27(13-15-37(43)45-8)23(6)31(41-35)17-32-24(10-2)20(3)30(38-32)18-33(25)39-28/h10,16-19,38,41H,2,9,11-15H2,1,3-8H3. The first kappa shape index (κ1) is 31.7. The molecular weight excluding hydrogens is 564 g/mol. The van der Waals surface area contributed by atoms with Gasteiger partial charge in [-0.25, -0.2) is 9.97 Å². The highest BCUT2D eigenvalue weighted by molar-refractivity contribution is 5.96. The van der Waals surface area contributed by atoms with E-state index >= 15 is 0 Å². The number of aryl methyl sites for hydroxylation is 3. The molecule has 8 nitrogen and oxygen atoms in total. The van der Waals surface area contributed by atoms with Crippen LogP contribution in [0.25, 0.3) is 50.4 Å². The van der Waals surface area contributed by atoms with Crippen LogP contribution in [-0.2, 0) is 25.5 Å². The first-order valence-corrected chi connectivity index (χ1v) is 15.5. The minimum atomic E-state index is -0.270. The van der Waals surface area contributed by atoms with E-state index in [9.17, 15) is 9.59 Å². The lowest BCUT2D eigenvalue weighted by Gasteiger charge is -2.05. The number of aromatic amines is 2. The number of ether oxygens (including phenoxy) is 2. The maximum Gasteiger partial charge on any atom is 0.305 e. The fourth-order valence-electron chi connectivity index (χ4n) is 6.31. The summed E-state index contributed by atoms with van der Waals surface area (Å²) in [5.41, 5.74) is 15.7. The van der Waals surface area contributed by atoms with E-state index < -0.39 is 0 Å². The second-order valence-electron chi connectivity index (χ2n) is 11.7.